The molecule has 0 aromatic heterocycles. The first kappa shape index (κ1) is 17.3. The number of benzene rings is 1. The van der Waals surface area contributed by atoms with Crippen LogP contribution in [-0.2, 0) is 6.54 Å². The van der Waals surface area contributed by atoms with Crippen molar-refractivity contribution in [1.82, 2.24) is 5.32 Å². The molecule has 1 rings (SSSR count). The molecule has 0 fully saturated rings. The van der Waals surface area contributed by atoms with E-state index in [1.807, 2.05) is 12.1 Å². The van der Waals surface area contributed by atoms with Crippen LogP contribution in [0.3, 0.4) is 0 Å². The SMILES string of the molecule is CCNCc1c(Cl)cccc1N(CCO)C(CC)CC. The van der Waals surface area contributed by atoms with E-state index >= 15 is 0 Å². The Balaban J connectivity index is 3.14. The molecule has 0 radical (unpaired) electrons. The number of hydrogen-bond donors (Lipinski definition) is 2. The average Bonchev–Trinajstić information content (AvgIpc) is 2.46. The standard InChI is InChI=1S/C16H27ClN2O/c1-4-13(5-2)19(10-11-20)16-9-7-8-15(17)14(16)12-18-6-3/h7-9,13,18,20H,4-6,10-12H2,1-3H3. The lowest BCUT2D eigenvalue weighted by atomic mass is 10.1. The van der Waals surface area contributed by atoms with Crippen molar-refractivity contribution in [1.29, 1.82) is 0 Å². The minimum absolute atomic E-state index is 0.156. The first-order chi connectivity index (χ1) is 9.69. The number of nitrogens with one attached hydrogen (secondary N) is 1. The van der Waals surface area contributed by atoms with Crippen LogP contribution in [-0.4, -0.2) is 30.8 Å². The molecule has 0 aliphatic carbocycles. The van der Waals surface area contributed by atoms with Crippen LogP contribution >= 0.6 is 11.6 Å². The molecule has 2 N–H and O–H groups in total. The van der Waals surface area contributed by atoms with Gasteiger partial charge in [0, 0.05) is 35.4 Å². The molecule has 20 heavy (non-hydrogen) atoms. The van der Waals surface area contributed by atoms with E-state index < -0.39 is 0 Å². The highest BCUT2D eigenvalue weighted by atomic mass is 35.5. The fraction of sp³-hybridized carbons (Fsp3) is 0.625. The highest BCUT2D eigenvalue weighted by molar-refractivity contribution is 6.31. The molecule has 114 valence electrons. The largest absolute Gasteiger partial charge is 0.395 e. The fourth-order valence-electron chi connectivity index (χ4n) is 2.58. The second kappa shape index (κ2) is 9.22. The van der Waals surface area contributed by atoms with Crippen molar-refractivity contribution in [3.63, 3.8) is 0 Å². The zero-order chi connectivity index (χ0) is 15.0. The summed E-state index contributed by atoms with van der Waals surface area (Å²) in [6.07, 6.45) is 2.12. The Bertz CT molecular complexity index is 394. The normalized spacial score (nSPS) is 11.1. The monoisotopic (exact) mass is 298 g/mol. The van der Waals surface area contributed by atoms with E-state index in [2.05, 4.69) is 37.1 Å². The van der Waals surface area contributed by atoms with Gasteiger partial charge >= 0.3 is 0 Å². The van der Waals surface area contributed by atoms with Gasteiger partial charge < -0.3 is 15.3 Å². The molecule has 0 saturated carbocycles. The van der Waals surface area contributed by atoms with E-state index in [0.29, 0.717) is 12.6 Å². The Morgan fingerprint density at radius 1 is 1.25 bits per heavy atom. The second-order valence-electron chi connectivity index (χ2n) is 4.91. The second-order valence-corrected chi connectivity index (χ2v) is 5.31. The van der Waals surface area contributed by atoms with E-state index in [0.717, 1.165) is 42.2 Å². The summed E-state index contributed by atoms with van der Waals surface area (Å²) in [5, 5.41) is 13.5. The summed E-state index contributed by atoms with van der Waals surface area (Å²) < 4.78 is 0. The third-order valence-electron chi connectivity index (χ3n) is 3.68. The maximum atomic E-state index is 9.38. The van der Waals surface area contributed by atoms with Crippen LogP contribution in [0.5, 0.6) is 0 Å². The van der Waals surface area contributed by atoms with Crippen molar-refractivity contribution in [3.8, 4) is 0 Å². The molecule has 0 spiro atoms. The number of rotatable bonds is 9. The third-order valence-corrected chi connectivity index (χ3v) is 4.03. The summed E-state index contributed by atoms with van der Waals surface area (Å²) in [6.45, 7) is 8.93. The first-order valence-electron chi connectivity index (χ1n) is 7.55. The van der Waals surface area contributed by atoms with Gasteiger partial charge in [-0.15, -0.1) is 0 Å². The maximum Gasteiger partial charge on any atom is 0.0606 e. The zero-order valence-electron chi connectivity index (χ0n) is 12.8. The molecule has 1 aromatic rings. The summed E-state index contributed by atoms with van der Waals surface area (Å²) in [6, 6.07) is 6.45. The lowest BCUT2D eigenvalue weighted by Gasteiger charge is -2.34. The molecule has 1 aromatic carbocycles. The number of halogens is 1. The van der Waals surface area contributed by atoms with Crippen LogP contribution in [0.4, 0.5) is 5.69 Å². The van der Waals surface area contributed by atoms with Gasteiger partial charge in [-0.1, -0.05) is 38.4 Å². The van der Waals surface area contributed by atoms with Gasteiger partial charge in [0.25, 0.3) is 0 Å². The molecule has 4 heteroatoms. The van der Waals surface area contributed by atoms with E-state index in [-0.39, 0.29) is 6.61 Å². The summed E-state index contributed by atoms with van der Waals surface area (Å²) >= 11 is 6.37. The van der Waals surface area contributed by atoms with Crippen molar-refractivity contribution in [3.05, 3.63) is 28.8 Å². The molecular weight excluding hydrogens is 272 g/mol. The summed E-state index contributed by atoms with van der Waals surface area (Å²) in [5.74, 6) is 0. The number of anilines is 1. The molecule has 0 unspecified atom stereocenters. The molecule has 0 amide bonds. The Morgan fingerprint density at radius 3 is 2.50 bits per heavy atom. The molecule has 0 saturated heterocycles. The van der Waals surface area contributed by atoms with Crippen LogP contribution in [0.15, 0.2) is 18.2 Å². The predicted molar refractivity (Wildman–Crippen MR) is 87.6 cm³/mol. The lowest BCUT2D eigenvalue weighted by molar-refractivity contribution is 0.296. The Labute approximate surface area is 127 Å². The molecule has 0 atom stereocenters. The maximum absolute atomic E-state index is 9.38. The van der Waals surface area contributed by atoms with Crippen LogP contribution in [0.25, 0.3) is 0 Å². The highest BCUT2D eigenvalue weighted by Gasteiger charge is 2.19. The van der Waals surface area contributed by atoms with Crippen LogP contribution in [0.1, 0.15) is 39.2 Å². The van der Waals surface area contributed by atoms with Gasteiger partial charge in [0.15, 0.2) is 0 Å². The van der Waals surface area contributed by atoms with Crippen molar-refractivity contribution in [2.45, 2.75) is 46.2 Å². The predicted octanol–water partition coefficient (Wildman–Crippen LogP) is 3.44. The molecule has 0 aliphatic rings. The molecule has 0 bridgehead atoms. The van der Waals surface area contributed by atoms with Gasteiger partial charge in [-0.25, -0.2) is 0 Å². The van der Waals surface area contributed by atoms with Crippen molar-refractivity contribution >= 4 is 17.3 Å². The van der Waals surface area contributed by atoms with E-state index in [1.165, 1.54) is 0 Å². The number of hydrogen-bond acceptors (Lipinski definition) is 3. The Morgan fingerprint density at radius 2 is 1.95 bits per heavy atom. The van der Waals surface area contributed by atoms with Crippen molar-refractivity contribution in [2.24, 2.45) is 0 Å². The number of nitrogens with zero attached hydrogens (tertiary/aromatic N) is 1. The Hall–Kier alpha value is -0.770. The van der Waals surface area contributed by atoms with E-state index in [4.69, 9.17) is 11.6 Å². The molecule has 0 heterocycles. The van der Waals surface area contributed by atoms with Crippen LogP contribution in [0, 0.1) is 0 Å². The van der Waals surface area contributed by atoms with E-state index in [1.54, 1.807) is 0 Å². The minimum atomic E-state index is 0.156. The van der Waals surface area contributed by atoms with Gasteiger partial charge in [0.2, 0.25) is 0 Å². The average molecular weight is 299 g/mol. The van der Waals surface area contributed by atoms with Gasteiger partial charge in [0.1, 0.15) is 0 Å². The molecule has 0 aliphatic heterocycles. The zero-order valence-corrected chi connectivity index (χ0v) is 13.6. The van der Waals surface area contributed by atoms with Crippen LogP contribution < -0.4 is 10.2 Å². The minimum Gasteiger partial charge on any atom is -0.395 e. The summed E-state index contributed by atoms with van der Waals surface area (Å²) in [4.78, 5) is 2.29. The third kappa shape index (κ3) is 4.37. The number of aliphatic hydroxyl groups is 1. The van der Waals surface area contributed by atoms with E-state index in [9.17, 15) is 5.11 Å². The summed E-state index contributed by atoms with van der Waals surface area (Å²) in [7, 11) is 0. The van der Waals surface area contributed by atoms with Gasteiger partial charge in [-0.05, 0) is 31.5 Å². The highest BCUT2D eigenvalue weighted by Crippen LogP contribution is 2.30. The fourth-order valence-corrected chi connectivity index (χ4v) is 2.81. The lowest BCUT2D eigenvalue weighted by Crippen LogP contribution is -2.37. The van der Waals surface area contributed by atoms with Gasteiger partial charge in [-0.3, -0.25) is 0 Å². The molecular formula is C16H27ClN2O. The molecule has 3 nitrogen and oxygen atoms in total. The Kier molecular flexibility index (Phi) is 7.97. The number of aliphatic hydroxyl groups excluding tert-OH is 1. The topological polar surface area (TPSA) is 35.5 Å². The summed E-state index contributed by atoms with van der Waals surface area (Å²) in [5.41, 5.74) is 2.26. The van der Waals surface area contributed by atoms with Crippen molar-refractivity contribution < 1.29 is 5.11 Å². The smallest absolute Gasteiger partial charge is 0.0606 e. The van der Waals surface area contributed by atoms with Crippen LogP contribution in [0.2, 0.25) is 5.02 Å². The first-order valence-corrected chi connectivity index (χ1v) is 7.92. The van der Waals surface area contributed by atoms with Gasteiger partial charge in [0.05, 0.1) is 6.61 Å². The van der Waals surface area contributed by atoms with Gasteiger partial charge in [-0.2, -0.15) is 0 Å². The van der Waals surface area contributed by atoms with Crippen molar-refractivity contribution in [2.75, 3.05) is 24.6 Å². The quantitative estimate of drug-likeness (QED) is 0.733.